The summed E-state index contributed by atoms with van der Waals surface area (Å²) in [5.41, 5.74) is 1.77. The van der Waals surface area contributed by atoms with Crippen molar-refractivity contribution < 1.29 is 24.2 Å². The van der Waals surface area contributed by atoms with E-state index in [1.165, 1.54) is 4.90 Å². The Balaban J connectivity index is 1.82. The monoisotopic (exact) mass is 521 g/mol. The highest BCUT2D eigenvalue weighted by molar-refractivity contribution is 9.10. The third-order valence-electron chi connectivity index (χ3n) is 4.28. The number of nitrogens with zero attached hydrogens (tertiary/aromatic N) is 1. The molecule has 0 radical (unpaired) electrons. The second-order valence-electron chi connectivity index (χ2n) is 6.51. The lowest BCUT2D eigenvalue weighted by atomic mass is 10.1. The van der Waals surface area contributed by atoms with E-state index >= 15 is 0 Å². The highest BCUT2D eigenvalue weighted by atomic mass is 79.9. The topological polar surface area (TPSA) is 76.1 Å². The highest BCUT2D eigenvalue weighted by Gasteiger charge is 2.32. The molecule has 1 aliphatic rings. The van der Waals surface area contributed by atoms with Crippen LogP contribution in [0.5, 0.6) is 11.5 Å². The molecule has 1 aliphatic heterocycles. The Labute approximate surface area is 198 Å². The molecule has 0 bridgehead atoms. The second kappa shape index (κ2) is 10.8. The van der Waals surface area contributed by atoms with Gasteiger partial charge in [-0.1, -0.05) is 54.3 Å². The van der Waals surface area contributed by atoms with Crippen LogP contribution in [-0.2, 0) is 16.2 Å². The first kappa shape index (κ1) is 23.3. The van der Waals surface area contributed by atoms with E-state index < -0.39 is 5.97 Å². The first-order valence-electron chi connectivity index (χ1n) is 9.49. The van der Waals surface area contributed by atoms with Crippen molar-refractivity contribution >= 4 is 62.2 Å². The van der Waals surface area contributed by atoms with Crippen molar-refractivity contribution in [2.24, 2.45) is 0 Å². The molecule has 0 aromatic heterocycles. The summed E-state index contributed by atoms with van der Waals surface area (Å²) in [5.74, 6) is -0.138. The summed E-state index contributed by atoms with van der Waals surface area (Å²) in [7, 11) is 0. The van der Waals surface area contributed by atoms with Gasteiger partial charge in [-0.15, -0.1) is 0 Å². The molecule has 0 atom stereocenters. The maximum Gasteiger partial charge on any atom is 0.305 e. The number of rotatable bonds is 9. The number of amides is 1. The summed E-state index contributed by atoms with van der Waals surface area (Å²) < 4.78 is 12.8. The molecule has 162 valence electrons. The lowest BCUT2D eigenvalue weighted by Gasteiger charge is -2.15. The Morgan fingerprint density at radius 2 is 2.00 bits per heavy atom. The molecule has 1 saturated heterocycles. The van der Waals surface area contributed by atoms with Crippen LogP contribution in [0.3, 0.4) is 0 Å². The molecule has 1 N–H and O–H groups in total. The Hall–Kier alpha value is -2.36. The fraction of sp³-hybridized carbons (Fsp3) is 0.227. The van der Waals surface area contributed by atoms with Crippen molar-refractivity contribution in [1.29, 1.82) is 0 Å². The van der Waals surface area contributed by atoms with E-state index in [9.17, 15) is 9.59 Å². The minimum Gasteiger partial charge on any atom is -0.490 e. The Kier molecular flexibility index (Phi) is 8.11. The van der Waals surface area contributed by atoms with Crippen LogP contribution < -0.4 is 9.47 Å². The van der Waals surface area contributed by atoms with Gasteiger partial charge in [0.15, 0.2) is 11.5 Å². The third-order valence-corrected chi connectivity index (χ3v) is 6.25. The predicted octanol–water partition coefficient (Wildman–Crippen LogP) is 5.10. The van der Waals surface area contributed by atoms with Crippen molar-refractivity contribution in [3.63, 3.8) is 0 Å². The van der Waals surface area contributed by atoms with Crippen molar-refractivity contribution in [2.45, 2.75) is 20.0 Å². The number of hydrogen-bond donors (Lipinski definition) is 1. The molecule has 1 fully saturated rings. The second-order valence-corrected chi connectivity index (χ2v) is 9.04. The molecule has 2 aromatic carbocycles. The number of thioether (sulfide) groups is 1. The fourth-order valence-electron chi connectivity index (χ4n) is 2.86. The van der Waals surface area contributed by atoms with Crippen molar-refractivity contribution in [3.05, 3.63) is 63.0 Å². The number of ether oxygens (including phenoxy) is 2. The van der Waals surface area contributed by atoms with E-state index in [4.69, 9.17) is 26.8 Å². The summed E-state index contributed by atoms with van der Waals surface area (Å²) in [4.78, 5) is 25.2. The lowest BCUT2D eigenvalue weighted by molar-refractivity contribution is -0.137. The van der Waals surface area contributed by atoms with Gasteiger partial charge in [0, 0.05) is 6.54 Å². The van der Waals surface area contributed by atoms with Crippen LogP contribution in [-0.4, -0.2) is 39.4 Å². The minimum atomic E-state index is -0.977. The van der Waals surface area contributed by atoms with Crippen LogP contribution in [0.2, 0.25) is 0 Å². The number of carbonyl (C=O) groups excluding carboxylic acids is 1. The summed E-state index contributed by atoms with van der Waals surface area (Å²) in [6.07, 6.45) is 1.56. The zero-order chi connectivity index (χ0) is 22.4. The molecule has 0 unspecified atom stereocenters. The van der Waals surface area contributed by atoms with Crippen LogP contribution in [0.15, 0.2) is 51.8 Å². The average molecular weight is 522 g/mol. The fourth-order valence-corrected chi connectivity index (χ4v) is 4.74. The smallest absolute Gasteiger partial charge is 0.305 e. The van der Waals surface area contributed by atoms with E-state index in [-0.39, 0.29) is 18.9 Å². The molecule has 1 heterocycles. The molecule has 3 rings (SSSR count). The number of carboxylic acid groups (broad SMARTS) is 1. The van der Waals surface area contributed by atoms with Gasteiger partial charge < -0.3 is 14.6 Å². The molecule has 0 saturated carbocycles. The molecule has 1 amide bonds. The van der Waals surface area contributed by atoms with Crippen LogP contribution in [0.25, 0.3) is 6.08 Å². The van der Waals surface area contributed by atoms with Crippen LogP contribution >= 0.6 is 39.9 Å². The molecule has 9 heteroatoms. The normalized spacial score (nSPS) is 14.9. The van der Waals surface area contributed by atoms with Gasteiger partial charge in [0.05, 0.1) is 22.4 Å². The van der Waals surface area contributed by atoms with Gasteiger partial charge in [0.25, 0.3) is 5.91 Å². The zero-order valence-electron chi connectivity index (χ0n) is 16.7. The maximum atomic E-state index is 12.6. The van der Waals surface area contributed by atoms with E-state index in [1.807, 2.05) is 43.3 Å². The predicted molar refractivity (Wildman–Crippen MR) is 128 cm³/mol. The van der Waals surface area contributed by atoms with Gasteiger partial charge in [-0.2, -0.15) is 0 Å². The van der Waals surface area contributed by atoms with E-state index in [0.29, 0.717) is 38.4 Å². The largest absolute Gasteiger partial charge is 0.490 e. The Morgan fingerprint density at radius 1 is 1.26 bits per heavy atom. The standard InChI is InChI=1S/C22H20BrNO5S2/c1-2-28-17-11-15(10-16(23)20(17)29-13-14-6-4-3-5-7-14)12-18-21(27)24(22(30)31-18)9-8-19(25)26/h3-7,10-12H,2,8-9,13H2,1H3,(H,25,26)/b18-12+. The molecular weight excluding hydrogens is 502 g/mol. The number of carboxylic acids is 1. The molecule has 6 nitrogen and oxygen atoms in total. The van der Waals surface area contributed by atoms with E-state index in [0.717, 1.165) is 22.9 Å². The van der Waals surface area contributed by atoms with Crippen molar-refractivity contribution in [3.8, 4) is 11.5 Å². The Bertz CT molecular complexity index is 1030. The molecule has 0 aliphatic carbocycles. The minimum absolute atomic E-state index is 0.0531. The van der Waals surface area contributed by atoms with Crippen molar-refractivity contribution in [1.82, 2.24) is 4.90 Å². The lowest BCUT2D eigenvalue weighted by Crippen LogP contribution is -2.30. The van der Waals surface area contributed by atoms with Crippen LogP contribution in [0.1, 0.15) is 24.5 Å². The molecule has 31 heavy (non-hydrogen) atoms. The number of aliphatic carboxylic acids is 1. The maximum absolute atomic E-state index is 12.6. The first-order chi connectivity index (χ1) is 14.9. The summed E-state index contributed by atoms with van der Waals surface area (Å²) in [5, 5.41) is 8.87. The first-order valence-corrected chi connectivity index (χ1v) is 11.5. The van der Waals surface area contributed by atoms with Crippen LogP contribution in [0, 0.1) is 0 Å². The summed E-state index contributed by atoms with van der Waals surface area (Å²) >= 11 is 9.93. The van der Waals surface area contributed by atoms with Crippen molar-refractivity contribution in [2.75, 3.05) is 13.2 Å². The Morgan fingerprint density at radius 3 is 2.68 bits per heavy atom. The van der Waals surface area contributed by atoms with Crippen LogP contribution in [0.4, 0.5) is 0 Å². The third kappa shape index (κ3) is 6.09. The van der Waals surface area contributed by atoms with E-state index in [2.05, 4.69) is 15.9 Å². The number of hydrogen-bond acceptors (Lipinski definition) is 6. The number of carbonyl (C=O) groups is 2. The average Bonchev–Trinajstić information content (AvgIpc) is 2.99. The number of thiocarbonyl (C=S) groups is 1. The van der Waals surface area contributed by atoms with E-state index in [1.54, 1.807) is 12.1 Å². The summed E-state index contributed by atoms with van der Waals surface area (Å²) in [6, 6.07) is 13.5. The van der Waals surface area contributed by atoms with Gasteiger partial charge in [-0.05, 0) is 52.2 Å². The molecule has 0 spiro atoms. The van der Waals surface area contributed by atoms with Gasteiger partial charge in [-0.25, -0.2) is 0 Å². The summed E-state index contributed by atoms with van der Waals surface area (Å²) in [6.45, 7) is 2.78. The van der Waals surface area contributed by atoms with Gasteiger partial charge in [0.1, 0.15) is 10.9 Å². The number of halogens is 1. The quantitative estimate of drug-likeness (QED) is 0.363. The molecule has 2 aromatic rings. The molecular formula is C22H20BrNO5S2. The number of benzene rings is 2. The van der Waals surface area contributed by atoms with Gasteiger partial charge in [0.2, 0.25) is 0 Å². The SMILES string of the molecule is CCOc1cc(/C=C2/SC(=S)N(CCC(=O)O)C2=O)cc(Br)c1OCc1ccccc1. The zero-order valence-corrected chi connectivity index (χ0v) is 19.9. The van der Waals surface area contributed by atoms with Gasteiger partial charge >= 0.3 is 5.97 Å². The van der Waals surface area contributed by atoms with Gasteiger partial charge in [-0.3, -0.25) is 14.5 Å². The highest BCUT2D eigenvalue weighted by Crippen LogP contribution is 2.39.